The van der Waals surface area contributed by atoms with Crippen LogP contribution in [0.4, 0.5) is 10.8 Å². The highest BCUT2D eigenvalue weighted by Gasteiger charge is 2.24. The van der Waals surface area contributed by atoms with E-state index in [0.717, 1.165) is 55.4 Å². The van der Waals surface area contributed by atoms with E-state index in [0.29, 0.717) is 6.42 Å². The van der Waals surface area contributed by atoms with E-state index in [1.54, 1.807) is 17.5 Å². The molecule has 0 radical (unpaired) electrons. The number of amides is 1. The van der Waals surface area contributed by atoms with Crippen molar-refractivity contribution in [2.45, 2.75) is 32.2 Å². The fraction of sp³-hybridized carbons (Fsp3) is 0.269. The minimum Gasteiger partial charge on any atom is -0.343 e. The van der Waals surface area contributed by atoms with E-state index in [2.05, 4.69) is 52.5 Å². The van der Waals surface area contributed by atoms with E-state index in [1.165, 1.54) is 21.6 Å². The van der Waals surface area contributed by atoms with E-state index in [-0.39, 0.29) is 5.91 Å². The monoisotopic (exact) mass is 455 g/mol. The third-order valence-electron chi connectivity index (χ3n) is 6.48. The SMILES string of the molecule is O=C1CCCN1c1ccc2c(c1)CN(c1ncc(Cc3ccc(-n4cccn4)cc3)s1)CC2. The minimum atomic E-state index is 0.241. The predicted molar refractivity (Wildman–Crippen MR) is 131 cm³/mol. The molecule has 0 unspecified atom stereocenters. The van der Waals surface area contributed by atoms with Gasteiger partial charge in [0.25, 0.3) is 0 Å². The molecule has 0 aliphatic carbocycles. The third-order valence-corrected chi connectivity index (χ3v) is 7.54. The number of anilines is 2. The molecular weight excluding hydrogens is 430 g/mol. The van der Waals surface area contributed by atoms with Crippen molar-refractivity contribution < 1.29 is 4.79 Å². The quantitative estimate of drug-likeness (QED) is 0.441. The second-order valence-corrected chi connectivity index (χ2v) is 9.77. The molecule has 4 heterocycles. The topological polar surface area (TPSA) is 54.3 Å². The van der Waals surface area contributed by atoms with Crippen LogP contribution in [0.5, 0.6) is 0 Å². The number of carbonyl (C=O) groups is 1. The molecule has 2 aliphatic heterocycles. The van der Waals surface area contributed by atoms with E-state index < -0.39 is 0 Å². The van der Waals surface area contributed by atoms with Crippen molar-refractivity contribution in [1.82, 2.24) is 14.8 Å². The Bertz CT molecular complexity index is 1280. The summed E-state index contributed by atoms with van der Waals surface area (Å²) in [6.07, 6.45) is 9.25. The lowest BCUT2D eigenvalue weighted by atomic mass is 9.99. The normalized spacial score (nSPS) is 15.8. The molecular formula is C26H25N5OS. The van der Waals surface area contributed by atoms with E-state index >= 15 is 0 Å². The maximum Gasteiger partial charge on any atom is 0.227 e. The zero-order valence-corrected chi connectivity index (χ0v) is 19.2. The molecule has 1 saturated heterocycles. The van der Waals surface area contributed by atoms with Crippen molar-refractivity contribution in [3.8, 4) is 5.69 Å². The van der Waals surface area contributed by atoms with E-state index in [1.807, 2.05) is 28.0 Å². The summed E-state index contributed by atoms with van der Waals surface area (Å²) in [5.41, 5.74) is 6.07. The van der Waals surface area contributed by atoms with Gasteiger partial charge in [-0.05, 0) is 59.9 Å². The molecule has 6 rings (SSSR count). The fourth-order valence-corrected chi connectivity index (χ4v) is 5.68. The Morgan fingerprint density at radius 3 is 2.64 bits per heavy atom. The third kappa shape index (κ3) is 4.04. The smallest absolute Gasteiger partial charge is 0.227 e. The summed E-state index contributed by atoms with van der Waals surface area (Å²) in [6.45, 7) is 2.65. The maximum absolute atomic E-state index is 12.2. The van der Waals surface area contributed by atoms with Crippen LogP contribution in [0.2, 0.25) is 0 Å². The summed E-state index contributed by atoms with van der Waals surface area (Å²) < 4.78 is 1.87. The van der Waals surface area contributed by atoms with Gasteiger partial charge in [-0.25, -0.2) is 9.67 Å². The maximum atomic E-state index is 12.2. The minimum absolute atomic E-state index is 0.241. The van der Waals surface area contributed by atoms with Crippen LogP contribution in [0.25, 0.3) is 5.69 Å². The summed E-state index contributed by atoms with van der Waals surface area (Å²) in [5, 5.41) is 5.36. The van der Waals surface area contributed by atoms with Crippen molar-refractivity contribution in [2.75, 3.05) is 22.9 Å². The number of hydrogen-bond acceptors (Lipinski definition) is 5. The highest BCUT2D eigenvalue weighted by molar-refractivity contribution is 7.15. The Morgan fingerprint density at radius 1 is 0.970 bits per heavy atom. The second-order valence-electron chi connectivity index (χ2n) is 8.68. The molecule has 2 aromatic heterocycles. The summed E-state index contributed by atoms with van der Waals surface area (Å²) in [6, 6.07) is 17.0. The second kappa shape index (κ2) is 8.48. The van der Waals surface area contributed by atoms with Gasteiger partial charge in [0.1, 0.15) is 0 Å². The zero-order chi connectivity index (χ0) is 22.2. The summed E-state index contributed by atoms with van der Waals surface area (Å²) in [7, 11) is 0. The van der Waals surface area contributed by atoms with Crippen LogP contribution in [0.15, 0.2) is 67.1 Å². The van der Waals surface area contributed by atoms with Gasteiger partial charge in [0, 0.05) is 61.6 Å². The summed E-state index contributed by atoms with van der Waals surface area (Å²) in [4.78, 5) is 22.5. The lowest BCUT2D eigenvalue weighted by Crippen LogP contribution is -2.31. The van der Waals surface area contributed by atoms with Gasteiger partial charge < -0.3 is 9.80 Å². The molecule has 7 heteroatoms. The van der Waals surface area contributed by atoms with E-state index in [9.17, 15) is 4.79 Å². The molecule has 0 spiro atoms. The molecule has 1 amide bonds. The van der Waals surface area contributed by atoms with Crippen LogP contribution in [0.1, 0.15) is 34.4 Å². The molecule has 0 bridgehead atoms. The first-order valence-corrected chi connectivity index (χ1v) is 12.3. The van der Waals surface area contributed by atoms with Crippen LogP contribution >= 0.6 is 11.3 Å². The Balaban J connectivity index is 1.15. The first kappa shape index (κ1) is 20.2. The van der Waals surface area contributed by atoms with Crippen LogP contribution in [0, 0.1) is 0 Å². The number of carbonyl (C=O) groups excluding carboxylic acids is 1. The summed E-state index contributed by atoms with van der Waals surface area (Å²) >= 11 is 1.77. The average molecular weight is 456 g/mol. The largest absolute Gasteiger partial charge is 0.343 e. The van der Waals surface area contributed by atoms with Crippen LogP contribution in [0.3, 0.4) is 0 Å². The van der Waals surface area contributed by atoms with Gasteiger partial charge in [-0.2, -0.15) is 5.10 Å². The predicted octanol–water partition coefficient (Wildman–Crippen LogP) is 4.61. The highest BCUT2D eigenvalue weighted by Crippen LogP contribution is 2.32. The first-order chi connectivity index (χ1) is 16.2. The Kier molecular flexibility index (Phi) is 5.19. The first-order valence-electron chi connectivity index (χ1n) is 11.4. The van der Waals surface area contributed by atoms with Crippen LogP contribution in [-0.2, 0) is 24.2 Å². The molecule has 0 N–H and O–H groups in total. The van der Waals surface area contributed by atoms with Crippen LogP contribution in [-0.4, -0.2) is 33.8 Å². The van der Waals surface area contributed by atoms with Gasteiger partial charge in [-0.3, -0.25) is 4.79 Å². The highest BCUT2D eigenvalue weighted by atomic mass is 32.1. The molecule has 0 atom stereocenters. The number of hydrogen-bond donors (Lipinski definition) is 0. The standard InChI is InChI=1S/C26H25N5OS/c32-25-3-1-12-30(25)23-9-6-20-10-14-29(18-21(20)16-23)26-27-17-24(33-26)15-19-4-7-22(8-5-19)31-13-2-11-28-31/h2,4-9,11,13,16-17H,1,3,10,12,14-15,18H2. The number of aromatic nitrogens is 3. The van der Waals surface area contributed by atoms with Crippen LogP contribution < -0.4 is 9.80 Å². The van der Waals surface area contributed by atoms with Gasteiger partial charge in [-0.1, -0.05) is 18.2 Å². The van der Waals surface area contributed by atoms with E-state index in [4.69, 9.17) is 4.98 Å². The molecule has 4 aromatic rings. The number of rotatable bonds is 5. The number of nitrogens with zero attached hydrogens (tertiary/aromatic N) is 5. The number of benzene rings is 2. The van der Waals surface area contributed by atoms with Gasteiger partial charge in [0.15, 0.2) is 5.13 Å². The molecule has 2 aromatic carbocycles. The van der Waals surface area contributed by atoms with Gasteiger partial charge in [-0.15, -0.1) is 11.3 Å². The molecule has 33 heavy (non-hydrogen) atoms. The van der Waals surface area contributed by atoms with Crippen molar-refractivity contribution in [1.29, 1.82) is 0 Å². The average Bonchev–Trinajstić information content (AvgIpc) is 3.61. The lowest BCUT2D eigenvalue weighted by molar-refractivity contribution is -0.117. The van der Waals surface area contributed by atoms with Gasteiger partial charge >= 0.3 is 0 Å². The Hall–Kier alpha value is -3.45. The van der Waals surface area contributed by atoms with Crippen molar-refractivity contribution in [3.63, 3.8) is 0 Å². The number of thiazole rings is 1. The van der Waals surface area contributed by atoms with Gasteiger partial charge in [0.05, 0.1) is 5.69 Å². The molecule has 1 fully saturated rings. The summed E-state index contributed by atoms with van der Waals surface area (Å²) in [5.74, 6) is 0.241. The van der Waals surface area contributed by atoms with Crippen molar-refractivity contribution in [2.24, 2.45) is 0 Å². The zero-order valence-electron chi connectivity index (χ0n) is 18.4. The Morgan fingerprint density at radius 2 is 1.85 bits per heavy atom. The number of fused-ring (bicyclic) bond motifs is 1. The lowest BCUT2D eigenvalue weighted by Gasteiger charge is -2.29. The Labute approximate surface area is 197 Å². The van der Waals surface area contributed by atoms with Gasteiger partial charge in [0.2, 0.25) is 5.91 Å². The molecule has 2 aliphatic rings. The van der Waals surface area contributed by atoms with Crippen molar-refractivity contribution in [3.05, 3.63) is 88.7 Å². The molecule has 166 valence electrons. The molecule has 0 saturated carbocycles. The van der Waals surface area contributed by atoms with Crippen molar-refractivity contribution >= 4 is 28.1 Å². The molecule has 6 nitrogen and oxygen atoms in total. The fourth-order valence-electron chi connectivity index (χ4n) is 4.71.